The molecule has 1 aromatic rings. The lowest BCUT2D eigenvalue weighted by Gasteiger charge is -2.17. The largest absolute Gasteiger partial charge is 0.508 e. The van der Waals surface area contributed by atoms with Crippen LogP contribution in [-0.2, 0) is 6.54 Å². The minimum Gasteiger partial charge on any atom is -0.508 e. The predicted octanol–water partition coefficient (Wildman–Crippen LogP) is 2.67. The first kappa shape index (κ1) is 10.2. The highest BCUT2D eigenvalue weighted by molar-refractivity contribution is 5.25. The van der Waals surface area contributed by atoms with Crippen molar-refractivity contribution in [2.24, 2.45) is 11.8 Å². The van der Waals surface area contributed by atoms with Gasteiger partial charge in [0.05, 0.1) is 0 Å². The van der Waals surface area contributed by atoms with Crippen molar-refractivity contribution < 1.29 is 5.11 Å². The quantitative estimate of drug-likeness (QED) is 0.794. The summed E-state index contributed by atoms with van der Waals surface area (Å²) in [4.78, 5) is 0. The van der Waals surface area contributed by atoms with Crippen LogP contribution in [0.3, 0.4) is 0 Å². The molecule has 2 saturated carbocycles. The average Bonchev–Trinajstić information content (AvgIpc) is 3.15. The van der Waals surface area contributed by atoms with E-state index in [4.69, 9.17) is 0 Å². The molecule has 0 saturated heterocycles. The molecule has 0 aliphatic heterocycles. The maximum absolute atomic E-state index is 9.21. The van der Waals surface area contributed by atoms with Crippen molar-refractivity contribution in [2.45, 2.75) is 38.3 Å². The second kappa shape index (κ2) is 4.10. The third-order valence-electron chi connectivity index (χ3n) is 3.74. The van der Waals surface area contributed by atoms with Crippen LogP contribution in [0.25, 0.3) is 0 Å². The summed E-state index contributed by atoms with van der Waals surface area (Å²) >= 11 is 0. The van der Waals surface area contributed by atoms with Gasteiger partial charge in [0.1, 0.15) is 5.75 Å². The van der Waals surface area contributed by atoms with E-state index in [0.29, 0.717) is 5.75 Å². The van der Waals surface area contributed by atoms with Crippen LogP contribution in [0.15, 0.2) is 24.3 Å². The zero-order chi connectivity index (χ0) is 11.0. The van der Waals surface area contributed by atoms with Gasteiger partial charge in [0.2, 0.25) is 0 Å². The van der Waals surface area contributed by atoms with Crippen molar-refractivity contribution >= 4 is 0 Å². The molecule has 1 aromatic carbocycles. The van der Waals surface area contributed by atoms with E-state index in [-0.39, 0.29) is 0 Å². The fraction of sp³-hybridized carbons (Fsp3) is 0.571. The molecule has 16 heavy (non-hydrogen) atoms. The van der Waals surface area contributed by atoms with Crippen LogP contribution in [0.4, 0.5) is 0 Å². The van der Waals surface area contributed by atoms with Crippen molar-refractivity contribution in [2.75, 3.05) is 0 Å². The number of hydrogen-bond donors (Lipinski definition) is 2. The lowest BCUT2D eigenvalue weighted by Crippen LogP contribution is -2.32. The third kappa shape index (κ3) is 2.38. The van der Waals surface area contributed by atoms with Gasteiger partial charge in [0.25, 0.3) is 0 Å². The highest BCUT2D eigenvalue weighted by Crippen LogP contribution is 2.44. The summed E-state index contributed by atoms with van der Waals surface area (Å²) in [5, 5.41) is 12.9. The monoisotopic (exact) mass is 217 g/mol. The standard InChI is InChI=1S/C14H19NO/c16-13-7-1-10(2-8-13)9-15-14(11-3-4-11)12-5-6-12/h1-2,7-8,11-12,14-16H,3-6,9H2. The Morgan fingerprint density at radius 2 is 1.62 bits per heavy atom. The van der Waals surface area contributed by atoms with Gasteiger partial charge >= 0.3 is 0 Å². The SMILES string of the molecule is Oc1ccc(CNC(C2CC2)C2CC2)cc1. The molecule has 0 amide bonds. The zero-order valence-corrected chi connectivity index (χ0v) is 9.52. The Bertz CT molecular complexity index is 340. The maximum atomic E-state index is 9.21. The van der Waals surface area contributed by atoms with Gasteiger partial charge in [0.15, 0.2) is 0 Å². The van der Waals surface area contributed by atoms with E-state index in [0.717, 1.165) is 24.4 Å². The molecule has 2 aliphatic rings. The summed E-state index contributed by atoms with van der Waals surface area (Å²) in [6.45, 7) is 0.942. The van der Waals surface area contributed by atoms with E-state index in [1.165, 1.54) is 31.2 Å². The molecule has 86 valence electrons. The summed E-state index contributed by atoms with van der Waals surface area (Å²) in [7, 11) is 0. The van der Waals surface area contributed by atoms with E-state index < -0.39 is 0 Å². The number of phenols is 1. The van der Waals surface area contributed by atoms with Gasteiger partial charge < -0.3 is 10.4 Å². The number of nitrogens with one attached hydrogen (secondary N) is 1. The number of phenolic OH excluding ortho intramolecular Hbond substituents is 1. The Morgan fingerprint density at radius 1 is 1.06 bits per heavy atom. The van der Waals surface area contributed by atoms with Crippen LogP contribution in [-0.4, -0.2) is 11.1 Å². The first-order valence-corrected chi connectivity index (χ1v) is 6.34. The van der Waals surface area contributed by atoms with Gasteiger partial charge in [-0.1, -0.05) is 12.1 Å². The normalized spacial score (nSPS) is 20.3. The van der Waals surface area contributed by atoms with Crippen LogP contribution in [0, 0.1) is 11.8 Å². The van der Waals surface area contributed by atoms with Crippen LogP contribution in [0.2, 0.25) is 0 Å². The molecule has 2 fully saturated rings. The van der Waals surface area contributed by atoms with Gasteiger partial charge in [-0.25, -0.2) is 0 Å². The van der Waals surface area contributed by atoms with Crippen LogP contribution >= 0.6 is 0 Å². The molecule has 3 rings (SSSR count). The molecule has 0 unspecified atom stereocenters. The summed E-state index contributed by atoms with van der Waals surface area (Å²) in [6, 6.07) is 8.28. The van der Waals surface area contributed by atoms with Gasteiger partial charge in [-0.05, 0) is 55.2 Å². The number of rotatable bonds is 5. The second-order valence-corrected chi connectivity index (χ2v) is 5.25. The predicted molar refractivity (Wildman–Crippen MR) is 64.2 cm³/mol. The van der Waals surface area contributed by atoms with Crippen LogP contribution in [0.1, 0.15) is 31.2 Å². The molecule has 0 aromatic heterocycles. The highest BCUT2D eigenvalue weighted by Gasteiger charge is 2.40. The van der Waals surface area contributed by atoms with Crippen LogP contribution in [0.5, 0.6) is 5.75 Å². The fourth-order valence-corrected chi connectivity index (χ4v) is 2.48. The molecular weight excluding hydrogens is 198 g/mol. The van der Waals surface area contributed by atoms with Gasteiger partial charge in [-0.3, -0.25) is 0 Å². The van der Waals surface area contributed by atoms with E-state index in [1.54, 1.807) is 12.1 Å². The molecule has 0 heterocycles. The van der Waals surface area contributed by atoms with E-state index in [1.807, 2.05) is 12.1 Å². The third-order valence-corrected chi connectivity index (χ3v) is 3.74. The fourth-order valence-electron chi connectivity index (χ4n) is 2.48. The topological polar surface area (TPSA) is 32.3 Å². The summed E-state index contributed by atoms with van der Waals surface area (Å²) in [6.07, 6.45) is 5.68. The minimum atomic E-state index is 0.352. The maximum Gasteiger partial charge on any atom is 0.115 e. The van der Waals surface area contributed by atoms with Crippen molar-refractivity contribution in [3.05, 3.63) is 29.8 Å². The molecule has 0 bridgehead atoms. The molecule has 0 spiro atoms. The Hall–Kier alpha value is -1.02. The van der Waals surface area contributed by atoms with E-state index >= 15 is 0 Å². The van der Waals surface area contributed by atoms with Gasteiger partial charge in [-0.15, -0.1) is 0 Å². The summed E-state index contributed by atoms with van der Waals surface area (Å²) < 4.78 is 0. The van der Waals surface area contributed by atoms with E-state index in [2.05, 4.69) is 5.32 Å². The molecular formula is C14H19NO. The first-order valence-electron chi connectivity index (χ1n) is 6.34. The lowest BCUT2D eigenvalue weighted by atomic mass is 10.1. The van der Waals surface area contributed by atoms with Crippen molar-refractivity contribution in [1.82, 2.24) is 5.32 Å². The average molecular weight is 217 g/mol. The van der Waals surface area contributed by atoms with Crippen molar-refractivity contribution in [3.8, 4) is 5.75 Å². The van der Waals surface area contributed by atoms with Crippen molar-refractivity contribution in [3.63, 3.8) is 0 Å². The minimum absolute atomic E-state index is 0.352. The zero-order valence-electron chi connectivity index (χ0n) is 9.52. The van der Waals surface area contributed by atoms with Gasteiger partial charge in [0, 0.05) is 12.6 Å². The smallest absolute Gasteiger partial charge is 0.115 e. The van der Waals surface area contributed by atoms with Crippen molar-refractivity contribution in [1.29, 1.82) is 0 Å². The molecule has 2 heteroatoms. The van der Waals surface area contributed by atoms with Gasteiger partial charge in [-0.2, -0.15) is 0 Å². The summed E-state index contributed by atoms with van der Waals surface area (Å²) in [5.41, 5.74) is 1.27. The highest BCUT2D eigenvalue weighted by atomic mass is 16.3. The Balaban J connectivity index is 1.56. The van der Waals surface area contributed by atoms with Crippen LogP contribution < -0.4 is 5.32 Å². The Labute approximate surface area is 96.7 Å². The molecule has 2 aliphatic carbocycles. The Kier molecular flexibility index (Phi) is 2.60. The lowest BCUT2D eigenvalue weighted by molar-refractivity contribution is 0.415. The molecule has 2 N–H and O–H groups in total. The second-order valence-electron chi connectivity index (χ2n) is 5.25. The van der Waals surface area contributed by atoms with E-state index in [9.17, 15) is 5.11 Å². The number of benzene rings is 1. The molecule has 0 radical (unpaired) electrons. The Morgan fingerprint density at radius 3 is 2.12 bits per heavy atom. The molecule has 0 atom stereocenters. The number of hydrogen-bond acceptors (Lipinski definition) is 2. The summed E-state index contributed by atoms with van der Waals surface area (Å²) in [5.74, 6) is 2.25. The first-order chi connectivity index (χ1) is 7.83. The number of aromatic hydroxyl groups is 1. The molecule has 2 nitrogen and oxygen atoms in total.